The van der Waals surface area contributed by atoms with Crippen LogP contribution in [0.25, 0.3) is 22.2 Å². The van der Waals surface area contributed by atoms with Crippen molar-refractivity contribution >= 4 is 16.7 Å². The maximum Gasteiger partial charge on any atom is 0.147 e. The van der Waals surface area contributed by atoms with E-state index in [4.69, 9.17) is 0 Å². The molecule has 0 aliphatic carbocycles. The van der Waals surface area contributed by atoms with Crippen molar-refractivity contribution in [1.29, 1.82) is 0 Å². The van der Waals surface area contributed by atoms with Crippen molar-refractivity contribution in [3.05, 3.63) is 54.6 Å². The molecule has 27 heavy (non-hydrogen) atoms. The van der Waals surface area contributed by atoms with Gasteiger partial charge in [0, 0.05) is 44.1 Å². The quantitative estimate of drug-likeness (QED) is 0.673. The molecule has 0 N–H and O–H groups in total. The predicted molar refractivity (Wildman–Crippen MR) is 108 cm³/mol. The number of benzene rings is 1. The summed E-state index contributed by atoms with van der Waals surface area (Å²) in [5.41, 5.74) is 4.07. The number of rotatable bonds is 5. The number of hydrogen-bond donors (Lipinski definition) is 0. The third-order valence-corrected chi connectivity index (χ3v) is 5.30. The molecule has 4 rings (SSSR count). The molecule has 1 saturated heterocycles. The number of nitrogens with zero attached hydrogens (tertiary/aromatic N) is 4. The summed E-state index contributed by atoms with van der Waals surface area (Å²) in [5, 5.41) is 0. The van der Waals surface area contributed by atoms with Crippen molar-refractivity contribution < 1.29 is 4.39 Å². The van der Waals surface area contributed by atoms with Crippen molar-refractivity contribution in [3.63, 3.8) is 0 Å². The minimum absolute atomic E-state index is 0.171. The molecule has 1 aliphatic rings. The Labute approximate surface area is 159 Å². The lowest BCUT2D eigenvalue weighted by Gasteiger charge is -2.36. The zero-order chi connectivity index (χ0) is 18.6. The maximum atomic E-state index is 14.9. The van der Waals surface area contributed by atoms with Gasteiger partial charge in [0.2, 0.25) is 0 Å². The Hall–Kier alpha value is -2.53. The van der Waals surface area contributed by atoms with Gasteiger partial charge < -0.3 is 4.90 Å². The Balaban J connectivity index is 1.55. The highest BCUT2D eigenvalue weighted by Gasteiger charge is 2.19. The molecule has 0 spiro atoms. The van der Waals surface area contributed by atoms with Gasteiger partial charge in [-0.05, 0) is 48.9 Å². The summed E-state index contributed by atoms with van der Waals surface area (Å²) in [5.74, 6) is -0.171. The summed E-state index contributed by atoms with van der Waals surface area (Å²) >= 11 is 0. The van der Waals surface area contributed by atoms with Crippen LogP contribution in [-0.2, 0) is 0 Å². The molecule has 4 nitrogen and oxygen atoms in total. The molecule has 140 valence electrons. The number of fused-ring (bicyclic) bond motifs is 1. The minimum atomic E-state index is -0.171. The molecule has 1 fully saturated rings. The molecule has 0 radical (unpaired) electrons. The first-order chi connectivity index (χ1) is 13.3. The first kappa shape index (κ1) is 17.9. The third kappa shape index (κ3) is 3.78. The van der Waals surface area contributed by atoms with Crippen LogP contribution in [0.3, 0.4) is 0 Å². The number of unbranched alkanes of at least 4 members (excludes halogenated alkanes) is 1. The Morgan fingerprint density at radius 1 is 1.00 bits per heavy atom. The van der Waals surface area contributed by atoms with Gasteiger partial charge in [0.15, 0.2) is 0 Å². The van der Waals surface area contributed by atoms with Crippen molar-refractivity contribution in [3.8, 4) is 11.1 Å². The molecule has 1 aromatic carbocycles. The largest absolute Gasteiger partial charge is 0.367 e. The summed E-state index contributed by atoms with van der Waals surface area (Å²) in [6, 6.07) is 11.2. The van der Waals surface area contributed by atoms with Gasteiger partial charge in [-0.1, -0.05) is 19.4 Å². The van der Waals surface area contributed by atoms with E-state index in [1.165, 1.54) is 12.8 Å². The highest BCUT2D eigenvalue weighted by atomic mass is 19.1. The fraction of sp³-hybridized carbons (Fsp3) is 0.364. The molecule has 3 heterocycles. The maximum absolute atomic E-state index is 14.9. The molecular formula is C22H25FN4. The number of anilines is 1. The van der Waals surface area contributed by atoms with Crippen molar-refractivity contribution in [2.45, 2.75) is 19.8 Å². The molecule has 0 amide bonds. The Bertz CT molecular complexity index is 914. The van der Waals surface area contributed by atoms with E-state index in [0.717, 1.165) is 54.9 Å². The molecule has 3 aromatic rings. The average Bonchev–Trinajstić information content (AvgIpc) is 2.72. The zero-order valence-corrected chi connectivity index (χ0v) is 15.7. The number of hydrogen-bond acceptors (Lipinski definition) is 4. The SMILES string of the molecule is CCCCN1CCN(c2ccc(-c3ccnc4cccnc34)cc2F)CC1. The second kappa shape index (κ2) is 8.01. The Morgan fingerprint density at radius 2 is 1.85 bits per heavy atom. The standard InChI is InChI=1S/C22H25FN4/c1-2-3-11-26-12-14-27(15-13-26)21-7-6-17(16-19(21)23)18-8-10-24-20-5-4-9-25-22(18)20/h4-10,16H,2-3,11-15H2,1H3. The second-order valence-electron chi connectivity index (χ2n) is 7.08. The van der Waals surface area contributed by atoms with Gasteiger partial charge in [-0.3, -0.25) is 14.9 Å². The summed E-state index contributed by atoms with van der Waals surface area (Å²) in [4.78, 5) is 13.4. The van der Waals surface area contributed by atoms with E-state index >= 15 is 0 Å². The molecular weight excluding hydrogens is 339 g/mol. The van der Waals surface area contributed by atoms with E-state index in [0.29, 0.717) is 5.69 Å². The lowest BCUT2D eigenvalue weighted by molar-refractivity contribution is 0.253. The van der Waals surface area contributed by atoms with E-state index in [2.05, 4.69) is 26.7 Å². The van der Waals surface area contributed by atoms with Crippen LogP contribution in [0.15, 0.2) is 48.8 Å². The van der Waals surface area contributed by atoms with Gasteiger partial charge in [0.1, 0.15) is 5.82 Å². The van der Waals surface area contributed by atoms with Gasteiger partial charge in [-0.25, -0.2) is 4.39 Å². The van der Waals surface area contributed by atoms with Gasteiger partial charge >= 0.3 is 0 Å². The first-order valence-electron chi connectivity index (χ1n) is 9.73. The third-order valence-electron chi connectivity index (χ3n) is 5.30. The molecule has 2 aromatic heterocycles. The minimum Gasteiger partial charge on any atom is -0.367 e. The molecule has 1 aliphatic heterocycles. The topological polar surface area (TPSA) is 32.3 Å². The van der Waals surface area contributed by atoms with Crippen molar-refractivity contribution in [2.75, 3.05) is 37.6 Å². The van der Waals surface area contributed by atoms with Crippen LogP contribution in [0.2, 0.25) is 0 Å². The van der Waals surface area contributed by atoms with Gasteiger partial charge in [0.25, 0.3) is 0 Å². The van der Waals surface area contributed by atoms with E-state index < -0.39 is 0 Å². The number of piperazine rings is 1. The van der Waals surface area contributed by atoms with Crippen LogP contribution in [-0.4, -0.2) is 47.6 Å². The molecule has 0 unspecified atom stereocenters. The molecule has 0 saturated carbocycles. The van der Waals surface area contributed by atoms with Crippen LogP contribution in [0.5, 0.6) is 0 Å². The Kier molecular flexibility index (Phi) is 5.30. The molecule has 5 heteroatoms. The fourth-order valence-electron chi connectivity index (χ4n) is 3.74. The highest BCUT2D eigenvalue weighted by molar-refractivity contribution is 5.91. The number of pyridine rings is 2. The lowest BCUT2D eigenvalue weighted by Crippen LogP contribution is -2.46. The number of aromatic nitrogens is 2. The lowest BCUT2D eigenvalue weighted by atomic mass is 10.0. The normalized spacial score (nSPS) is 15.4. The van der Waals surface area contributed by atoms with E-state index in [-0.39, 0.29) is 5.82 Å². The zero-order valence-electron chi connectivity index (χ0n) is 15.7. The van der Waals surface area contributed by atoms with Crippen LogP contribution < -0.4 is 4.90 Å². The summed E-state index contributed by atoms with van der Waals surface area (Å²) in [6.45, 7) is 7.11. The Morgan fingerprint density at radius 3 is 2.63 bits per heavy atom. The first-order valence-corrected chi connectivity index (χ1v) is 9.73. The van der Waals surface area contributed by atoms with Crippen LogP contribution in [0, 0.1) is 5.82 Å². The highest BCUT2D eigenvalue weighted by Crippen LogP contribution is 2.30. The van der Waals surface area contributed by atoms with Crippen LogP contribution in [0.4, 0.5) is 10.1 Å². The average molecular weight is 364 g/mol. The smallest absolute Gasteiger partial charge is 0.147 e. The predicted octanol–water partition coefficient (Wildman–Crippen LogP) is 4.36. The van der Waals surface area contributed by atoms with E-state index in [9.17, 15) is 4.39 Å². The summed E-state index contributed by atoms with van der Waals surface area (Å²) in [6.07, 6.45) is 5.95. The van der Waals surface area contributed by atoms with Gasteiger partial charge in [-0.2, -0.15) is 0 Å². The summed E-state index contributed by atoms with van der Waals surface area (Å²) in [7, 11) is 0. The van der Waals surface area contributed by atoms with E-state index in [1.54, 1.807) is 18.5 Å². The monoisotopic (exact) mass is 364 g/mol. The van der Waals surface area contributed by atoms with Gasteiger partial charge in [0.05, 0.1) is 16.7 Å². The molecule has 0 bridgehead atoms. The number of halogens is 1. The van der Waals surface area contributed by atoms with Gasteiger partial charge in [-0.15, -0.1) is 0 Å². The second-order valence-corrected chi connectivity index (χ2v) is 7.08. The van der Waals surface area contributed by atoms with Crippen molar-refractivity contribution in [1.82, 2.24) is 14.9 Å². The molecule has 0 atom stereocenters. The van der Waals surface area contributed by atoms with Crippen molar-refractivity contribution in [2.24, 2.45) is 0 Å². The van der Waals surface area contributed by atoms with Crippen LogP contribution >= 0.6 is 0 Å². The summed E-state index contributed by atoms with van der Waals surface area (Å²) < 4.78 is 14.9. The fourth-order valence-corrected chi connectivity index (χ4v) is 3.74. The van der Waals surface area contributed by atoms with E-state index in [1.807, 2.05) is 30.3 Å². The van der Waals surface area contributed by atoms with Crippen LogP contribution in [0.1, 0.15) is 19.8 Å².